The molecule has 0 aliphatic heterocycles. The van der Waals surface area contributed by atoms with Gasteiger partial charge in [-0.3, -0.25) is 4.79 Å². The van der Waals surface area contributed by atoms with Crippen LogP contribution >= 0.6 is 11.6 Å². The Morgan fingerprint density at radius 2 is 2.11 bits per heavy atom. The van der Waals surface area contributed by atoms with Crippen LogP contribution in [0.5, 0.6) is 11.5 Å². The van der Waals surface area contributed by atoms with Crippen LogP contribution in [0.25, 0.3) is 0 Å². The molecule has 8 heteroatoms. The van der Waals surface area contributed by atoms with Gasteiger partial charge in [-0.2, -0.15) is 5.26 Å². The Kier molecular flexibility index (Phi) is 6.09. The summed E-state index contributed by atoms with van der Waals surface area (Å²) in [4.78, 5) is 19.9. The maximum Gasteiger partial charge on any atom is 0.254 e. The van der Waals surface area contributed by atoms with E-state index in [4.69, 9.17) is 26.3 Å². The van der Waals surface area contributed by atoms with Crippen molar-refractivity contribution in [3.8, 4) is 17.6 Å². The standard InChI is InChI=1S/C19H19ClN4O3/c1-26-18-7-15(3-2-12(18)8-21)27-14-4-5-17(16(20)6-14)24-19(25)13-9-22-11-23-10-13/h2-3,7,9-11,14,16-17H,4-6H2,1H3,(H,24,25)/t14-,16-,17-/m1/s1. The Balaban J connectivity index is 1.57. The molecule has 0 saturated heterocycles. The fraction of sp³-hybridized carbons (Fsp3) is 0.368. The molecule has 27 heavy (non-hydrogen) atoms. The lowest BCUT2D eigenvalue weighted by atomic mass is 9.92. The molecule has 3 atom stereocenters. The van der Waals surface area contributed by atoms with Crippen molar-refractivity contribution in [2.45, 2.75) is 36.8 Å². The van der Waals surface area contributed by atoms with Crippen molar-refractivity contribution in [2.75, 3.05) is 7.11 Å². The summed E-state index contributed by atoms with van der Waals surface area (Å²) in [5.74, 6) is 0.870. The molecular weight excluding hydrogens is 368 g/mol. The number of amides is 1. The third kappa shape index (κ3) is 4.66. The Hall–Kier alpha value is -2.85. The van der Waals surface area contributed by atoms with Crippen LogP contribution < -0.4 is 14.8 Å². The van der Waals surface area contributed by atoms with Crippen LogP contribution in [0.1, 0.15) is 35.2 Å². The van der Waals surface area contributed by atoms with E-state index >= 15 is 0 Å². The van der Waals surface area contributed by atoms with E-state index in [0.29, 0.717) is 35.5 Å². The van der Waals surface area contributed by atoms with Crippen molar-refractivity contribution in [3.05, 3.63) is 48.0 Å². The SMILES string of the molecule is COc1cc(O[C@@H]2CC[C@@H](NC(=O)c3cncnc3)[C@H](Cl)C2)ccc1C#N. The summed E-state index contributed by atoms with van der Waals surface area (Å²) in [5.41, 5.74) is 0.862. The Morgan fingerprint density at radius 1 is 1.33 bits per heavy atom. The lowest BCUT2D eigenvalue weighted by molar-refractivity contribution is 0.0896. The molecule has 0 spiro atoms. The molecule has 1 amide bonds. The lowest BCUT2D eigenvalue weighted by Crippen LogP contribution is -2.46. The number of ether oxygens (including phenoxy) is 2. The van der Waals surface area contributed by atoms with Gasteiger partial charge in [0.25, 0.3) is 5.91 Å². The van der Waals surface area contributed by atoms with Crippen molar-refractivity contribution in [1.82, 2.24) is 15.3 Å². The zero-order chi connectivity index (χ0) is 19.2. The van der Waals surface area contributed by atoms with E-state index < -0.39 is 0 Å². The summed E-state index contributed by atoms with van der Waals surface area (Å²) in [6, 6.07) is 7.04. The maximum absolute atomic E-state index is 12.2. The minimum Gasteiger partial charge on any atom is -0.495 e. The molecular formula is C19H19ClN4O3. The highest BCUT2D eigenvalue weighted by Crippen LogP contribution is 2.30. The molecule has 1 aliphatic carbocycles. The second-order valence-corrected chi connectivity index (χ2v) is 6.81. The van der Waals surface area contributed by atoms with Gasteiger partial charge in [-0.1, -0.05) is 0 Å². The summed E-state index contributed by atoms with van der Waals surface area (Å²) in [6.07, 6.45) is 6.30. The predicted octanol–water partition coefficient (Wildman–Crippen LogP) is 2.69. The van der Waals surface area contributed by atoms with Gasteiger partial charge in [-0.25, -0.2) is 9.97 Å². The number of hydrogen-bond acceptors (Lipinski definition) is 6. The van der Waals surface area contributed by atoms with Crippen LogP contribution in [-0.4, -0.2) is 40.5 Å². The summed E-state index contributed by atoms with van der Waals surface area (Å²) in [6.45, 7) is 0. The van der Waals surface area contributed by atoms with Gasteiger partial charge in [0.05, 0.1) is 23.6 Å². The summed E-state index contributed by atoms with van der Waals surface area (Å²) in [5, 5.41) is 11.7. The van der Waals surface area contributed by atoms with Crippen molar-refractivity contribution < 1.29 is 14.3 Å². The van der Waals surface area contributed by atoms with Crippen LogP contribution in [-0.2, 0) is 0 Å². The van der Waals surface area contributed by atoms with Crippen molar-refractivity contribution in [3.63, 3.8) is 0 Å². The van der Waals surface area contributed by atoms with E-state index in [2.05, 4.69) is 21.4 Å². The first-order valence-electron chi connectivity index (χ1n) is 8.55. The molecule has 0 bridgehead atoms. The average Bonchev–Trinajstić information content (AvgIpc) is 2.70. The van der Waals surface area contributed by atoms with Crippen LogP contribution in [0, 0.1) is 11.3 Å². The minimum atomic E-state index is -0.252. The summed E-state index contributed by atoms with van der Waals surface area (Å²) < 4.78 is 11.2. The molecule has 0 radical (unpaired) electrons. The third-order valence-corrected chi connectivity index (χ3v) is 4.94. The number of methoxy groups -OCH3 is 1. The first-order valence-corrected chi connectivity index (χ1v) is 8.99. The Labute approximate surface area is 162 Å². The van der Waals surface area contributed by atoms with E-state index in [1.165, 1.54) is 25.8 Å². The Bertz CT molecular complexity index is 841. The van der Waals surface area contributed by atoms with Crippen molar-refractivity contribution in [1.29, 1.82) is 5.26 Å². The van der Waals surface area contributed by atoms with Gasteiger partial charge in [0.1, 0.15) is 30.0 Å². The van der Waals surface area contributed by atoms with Crippen molar-refractivity contribution in [2.24, 2.45) is 0 Å². The molecule has 1 N–H and O–H groups in total. The highest BCUT2D eigenvalue weighted by atomic mass is 35.5. The zero-order valence-corrected chi connectivity index (χ0v) is 15.5. The van der Waals surface area contributed by atoms with Gasteiger partial charge in [0.15, 0.2) is 0 Å². The number of rotatable bonds is 5. The molecule has 1 fully saturated rings. The van der Waals surface area contributed by atoms with Gasteiger partial charge in [-0.15, -0.1) is 11.6 Å². The summed E-state index contributed by atoms with van der Waals surface area (Å²) in [7, 11) is 1.51. The quantitative estimate of drug-likeness (QED) is 0.793. The van der Waals surface area contributed by atoms with E-state index in [0.717, 1.165) is 6.42 Å². The fourth-order valence-corrected chi connectivity index (χ4v) is 3.43. The van der Waals surface area contributed by atoms with Crippen molar-refractivity contribution >= 4 is 17.5 Å². The number of hydrogen-bond donors (Lipinski definition) is 1. The minimum absolute atomic E-state index is 0.0710. The predicted molar refractivity (Wildman–Crippen MR) is 98.9 cm³/mol. The fourth-order valence-electron chi connectivity index (χ4n) is 3.05. The number of aromatic nitrogens is 2. The lowest BCUT2D eigenvalue weighted by Gasteiger charge is -2.33. The van der Waals surface area contributed by atoms with E-state index in [1.54, 1.807) is 18.2 Å². The summed E-state index contributed by atoms with van der Waals surface area (Å²) >= 11 is 6.49. The van der Waals surface area contributed by atoms with Gasteiger partial charge in [-0.05, 0) is 25.0 Å². The third-order valence-electron chi connectivity index (χ3n) is 4.46. The number of nitrogens with zero attached hydrogens (tertiary/aromatic N) is 3. The topological polar surface area (TPSA) is 97.1 Å². The molecule has 1 aromatic carbocycles. The molecule has 3 rings (SSSR count). The second-order valence-electron chi connectivity index (χ2n) is 6.25. The molecule has 1 saturated carbocycles. The first kappa shape index (κ1) is 18.9. The largest absolute Gasteiger partial charge is 0.495 e. The van der Waals surface area contributed by atoms with Crippen LogP contribution in [0.15, 0.2) is 36.9 Å². The molecule has 140 valence electrons. The monoisotopic (exact) mass is 386 g/mol. The van der Waals surface area contributed by atoms with Gasteiger partial charge >= 0.3 is 0 Å². The number of carbonyl (C=O) groups is 1. The maximum atomic E-state index is 12.2. The number of halogens is 1. The molecule has 0 unspecified atom stereocenters. The second kappa shape index (κ2) is 8.69. The number of alkyl halides is 1. The van der Waals surface area contributed by atoms with Crippen LogP contribution in [0.2, 0.25) is 0 Å². The van der Waals surface area contributed by atoms with E-state index in [-0.39, 0.29) is 23.4 Å². The molecule has 1 aromatic heterocycles. The van der Waals surface area contributed by atoms with E-state index in [9.17, 15) is 4.79 Å². The van der Waals surface area contributed by atoms with E-state index in [1.807, 2.05) is 0 Å². The highest BCUT2D eigenvalue weighted by molar-refractivity contribution is 6.21. The number of benzene rings is 1. The van der Waals surface area contributed by atoms with Gasteiger partial charge < -0.3 is 14.8 Å². The van der Waals surface area contributed by atoms with Crippen LogP contribution in [0.4, 0.5) is 0 Å². The zero-order valence-electron chi connectivity index (χ0n) is 14.8. The molecule has 1 heterocycles. The number of carbonyl (C=O) groups excluding carboxylic acids is 1. The molecule has 7 nitrogen and oxygen atoms in total. The van der Waals surface area contributed by atoms with Crippen LogP contribution in [0.3, 0.4) is 0 Å². The highest BCUT2D eigenvalue weighted by Gasteiger charge is 2.31. The first-order chi connectivity index (χ1) is 13.1. The molecule has 1 aliphatic rings. The smallest absolute Gasteiger partial charge is 0.254 e. The molecule has 2 aromatic rings. The normalized spacial score (nSPS) is 21.7. The Morgan fingerprint density at radius 3 is 2.78 bits per heavy atom. The average molecular weight is 387 g/mol. The van der Waals surface area contributed by atoms with Gasteiger partial charge in [0.2, 0.25) is 0 Å². The number of nitrogens with one attached hydrogen (secondary N) is 1. The number of nitriles is 1. The van der Waals surface area contributed by atoms with Gasteiger partial charge in [0, 0.05) is 30.9 Å².